The van der Waals surface area contributed by atoms with Gasteiger partial charge < -0.3 is 5.32 Å². The van der Waals surface area contributed by atoms with Gasteiger partial charge in [-0.25, -0.2) is 9.97 Å². The van der Waals surface area contributed by atoms with Gasteiger partial charge in [-0.15, -0.1) is 0 Å². The zero-order chi connectivity index (χ0) is 14.8. The van der Waals surface area contributed by atoms with Crippen LogP contribution in [0.3, 0.4) is 0 Å². The zero-order valence-electron chi connectivity index (χ0n) is 11.3. The van der Waals surface area contributed by atoms with E-state index in [4.69, 9.17) is 0 Å². The number of nitrogens with zero attached hydrogens (tertiary/aromatic N) is 2. The van der Waals surface area contributed by atoms with Gasteiger partial charge in [0.15, 0.2) is 0 Å². The summed E-state index contributed by atoms with van der Waals surface area (Å²) in [5.74, 6) is 0.810. The predicted molar refractivity (Wildman–Crippen MR) is 77.4 cm³/mol. The maximum absolute atomic E-state index is 12.3. The number of aryl methyl sites for hydroxylation is 1. The van der Waals surface area contributed by atoms with Crippen molar-refractivity contribution in [2.75, 3.05) is 12.4 Å². The topological polar surface area (TPSA) is 37.8 Å². The molecule has 0 saturated heterocycles. The molecule has 0 aliphatic heterocycles. The molecule has 1 heterocycles. The Hall–Kier alpha value is -0.600. The Bertz CT molecular complexity index is 453. The number of hydrogen-bond donors (Lipinski definition) is 1. The van der Waals surface area contributed by atoms with Crippen molar-refractivity contribution < 1.29 is 13.2 Å². The van der Waals surface area contributed by atoms with Crippen LogP contribution in [0.4, 0.5) is 19.0 Å². The summed E-state index contributed by atoms with van der Waals surface area (Å²) in [5.41, 5.74) is 0.530. The van der Waals surface area contributed by atoms with Crippen molar-refractivity contribution in [1.29, 1.82) is 0 Å². The van der Waals surface area contributed by atoms with Gasteiger partial charge in [0, 0.05) is 18.9 Å². The minimum Gasteiger partial charge on any atom is -0.372 e. The van der Waals surface area contributed by atoms with Crippen molar-refractivity contribution in [2.45, 2.75) is 45.2 Å². The fourth-order valence-corrected chi connectivity index (χ4v) is 2.84. The number of alkyl halides is 3. The minimum absolute atomic E-state index is 0.196. The van der Waals surface area contributed by atoms with Crippen LogP contribution in [0.2, 0.25) is 0 Å². The van der Waals surface area contributed by atoms with E-state index in [0.29, 0.717) is 5.82 Å². The van der Waals surface area contributed by atoms with Crippen LogP contribution < -0.4 is 5.32 Å². The normalized spacial score (nSPS) is 12.6. The molecule has 0 aromatic carbocycles. The highest BCUT2D eigenvalue weighted by atomic mass is 127. The maximum atomic E-state index is 12.3. The van der Waals surface area contributed by atoms with Crippen molar-refractivity contribution >= 4 is 28.4 Å². The molecule has 1 aromatic heterocycles. The Labute approximate surface area is 124 Å². The van der Waals surface area contributed by atoms with Crippen molar-refractivity contribution in [3.05, 3.63) is 15.1 Å². The standard InChI is InChI=1S/C12H17F3IN3/c1-11(2,3)9-8(16)10(17-4)19-7(18-9)5-6-12(13,14)15/h5-6H2,1-4H3,(H,17,18,19). The number of halogens is 4. The summed E-state index contributed by atoms with van der Waals surface area (Å²) in [7, 11) is 1.70. The second kappa shape index (κ2) is 5.80. The molecule has 0 aliphatic carbocycles. The Morgan fingerprint density at radius 2 is 1.74 bits per heavy atom. The number of aromatic nitrogens is 2. The van der Waals surface area contributed by atoms with Gasteiger partial charge in [0.05, 0.1) is 15.7 Å². The quantitative estimate of drug-likeness (QED) is 0.800. The molecule has 0 atom stereocenters. The van der Waals surface area contributed by atoms with E-state index in [9.17, 15) is 13.2 Å². The van der Waals surface area contributed by atoms with Crippen molar-refractivity contribution in [2.24, 2.45) is 0 Å². The van der Waals surface area contributed by atoms with Gasteiger partial charge in [0.25, 0.3) is 0 Å². The molecule has 0 saturated carbocycles. The lowest BCUT2D eigenvalue weighted by atomic mass is 9.92. The van der Waals surface area contributed by atoms with Crippen LogP contribution in [0.5, 0.6) is 0 Å². The summed E-state index contributed by atoms with van der Waals surface area (Å²) in [6, 6.07) is 0. The van der Waals surface area contributed by atoms with Crippen molar-refractivity contribution in [3.8, 4) is 0 Å². The van der Waals surface area contributed by atoms with Gasteiger partial charge in [0.2, 0.25) is 0 Å². The number of nitrogens with one attached hydrogen (secondary N) is 1. The summed E-state index contributed by atoms with van der Waals surface area (Å²) < 4.78 is 37.6. The highest BCUT2D eigenvalue weighted by molar-refractivity contribution is 14.1. The molecule has 108 valence electrons. The van der Waals surface area contributed by atoms with E-state index in [-0.39, 0.29) is 17.7 Å². The molecule has 1 N–H and O–H groups in total. The van der Waals surface area contributed by atoms with Gasteiger partial charge >= 0.3 is 6.18 Å². The average molecular weight is 387 g/mol. The van der Waals surface area contributed by atoms with E-state index in [1.165, 1.54) is 0 Å². The summed E-state index contributed by atoms with van der Waals surface area (Å²) in [6.07, 6.45) is -5.29. The molecule has 1 rings (SSSR count). The first kappa shape index (κ1) is 16.5. The molecule has 0 unspecified atom stereocenters. The van der Waals surface area contributed by atoms with Crippen LogP contribution in [0, 0.1) is 3.57 Å². The van der Waals surface area contributed by atoms with E-state index in [0.717, 1.165) is 9.26 Å². The first-order valence-electron chi connectivity index (χ1n) is 5.86. The largest absolute Gasteiger partial charge is 0.389 e. The van der Waals surface area contributed by atoms with E-state index in [1.807, 2.05) is 20.8 Å². The van der Waals surface area contributed by atoms with Crippen LogP contribution in [-0.4, -0.2) is 23.2 Å². The minimum atomic E-state index is -4.19. The summed E-state index contributed by atoms with van der Waals surface area (Å²) in [4.78, 5) is 8.43. The third-order valence-corrected chi connectivity index (χ3v) is 3.50. The molecule has 0 radical (unpaired) electrons. The molecule has 0 spiro atoms. The molecule has 0 amide bonds. The highest BCUT2D eigenvalue weighted by Gasteiger charge is 2.28. The van der Waals surface area contributed by atoms with Gasteiger partial charge in [-0.2, -0.15) is 13.2 Å². The van der Waals surface area contributed by atoms with E-state index in [1.54, 1.807) is 7.05 Å². The summed E-state index contributed by atoms with van der Waals surface area (Å²) in [5, 5.41) is 2.91. The number of rotatable bonds is 3. The van der Waals surface area contributed by atoms with E-state index >= 15 is 0 Å². The lowest BCUT2D eigenvalue weighted by molar-refractivity contribution is -0.134. The summed E-state index contributed by atoms with van der Waals surface area (Å²) in [6.45, 7) is 5.93. The monoisotopic (exact) mass is 387 g/mol. The van der Waals surface area contributed by atoms with Crippen molar-refractivity contribution in [3.63, 3.8) is 0 Å². The molecule has 1 aromatic rings. The number of anilines is 1. The number of hydrogen-bond acceptors (Lipinski definition) is 3. The molecular formula is C12H17F3IN3. The molecule has 0 fully saturated rings. The third-order valence-electron chi connectivity index (χ3n) is 2.48. The van der Waals surface area contributed by atoms with Crippen molar-refractivity contribution in [1.82, 2.24) is 9.97 Å². The second-order valence-corrected chi connectivity index (χ2v) is 6.34. The summed E-state index contributed by atoms with van der Waals surface area (Å²) >= 11 is 2.12. The Morgan fingerprint density at radius 3 is 2.16 bits per heavy atom. The Kier molecular flexibility index (Phi) is 5.02. The van der Waals surface area contributed by atoms with Gasteiger partial charge in [-0.1, -0.05) is 20.8 Å². The molecule has 0 aliphatic rings. The second-order valence-electron chi connectivity index (χ2n) is 5.27. The fraction of sp³-hybridized carbons (Fsp3) is 0.667. The van der Waals surface area contributed by atoms with Crippen LogP contribution in [0.1, 0.15) is 38.7 Å². The zero-order valence-corrected chi connectivity index (χ0v) is 13.5. The highest BCUT2D eigenvalue weighted by Crippen LogP contribution is 2.30. The molecule has 0 bridgehead atoms. The lowest BCUT2D eigenvalue weighted by Crippen LogP contribution is -2.20. The van der Waals surface area contributed by atoms with E-state index in [2.05, 4.69) is 37.9 Å². The van der Waals surface area contributed by atoms with Crippen LogP contribution >= 0.6 is 22.6 Å². The third kappa shape index (κ3) is 4.77. The molecule has 19 heavy (non-hydrogen) atoms. The first-order chi connectivity index (χ1) is 8.54. The van der Waals surface area contributed by atoms with Crippen LogP contribution in [0.25, 0.3) is 0 Å². The average Bonchev–Trinajstić information content (AvgIpc) is 2.25. The predicted octanol–water partition coefficient (Wildman–Crippen LogP) is 3.92. The van der Waals surface area contributed by atoms with Gasteiger partial charge in [-0.05, 0) is 22.6 Å². The Morgan fingerprint density at radius 1 is 1.16 bits per heavy atom. The van der Waals surface area contributed by atoms with Crippen LogP contribution in [-0.2, 0) is 11.8 Å². The molecule has 3 nitrogen and oxygen atoms in total. The molecular weight excluding hydrogens is 370 g/mol. The molecule has 7 heteroatoms. The Balaban J connectivity index is 3.14. The fourth-order valence-electron chi connectivity index (χ4n) is 1.52. The van der Waals surface area contributed by atoms with Gasteiger partial charge in [0.1, 0.15) is 11.6 Å². The maximum Gasteiger partial charge on any atom is 0.389 e. The smallest absolute Gasteiger partial charge is 0.372 e. The van der Waals surface area contributed by atoms with E-state index < -0.39 is 12.6 Å². The van der Waals surface area contributed by atoms with Gasteiger partial charge in [-0.3, -0.25) is 0 Å². The lowest BCUT2D eigenvalue weighted by Gasteiger charge is -2.21. The van der Waals surface area contributed by atoms with Crippen LogP contribution in [0.15, 0.2) is 0 Å². The first-order valence-corrected chi connectivity index (χ1v) is 6.94. The SMILES string of the molecule is CNc1nc(CCC(F)(F)F)nc(C(C)(C)C)c1I.